The van der Waals surface area contributed by atoms with E-state index in [9.17, 15) is 9.18 Å². The summed E-state index contributed by atoms with van der Waals surface area (Å²) in [5.74, 6) is -2.25. The average Bonchev–Trinajstić information content (AvgIpc) is 2.62. The molecule has 0 unspecified atom stereocenters. The van der Waals surface area contributed by atoms with Crippen LogP contribution in [-0.2, 0) is 7.05 Å². The number of hydrogen-bond donors (Lipinski definition) is 1. The Kier molecular flexibility index (Phi) is 2.85. The van der Waals surface area contributed by atoms with Crippen LogP contribution in [0.15, 0.2) is 24.4 Å². The van der Waals surface area contributed by atoms with Crippen molar-refractivity contribution in [3.63, 3.8) is 0 Å². The van der Waals surface area contributed by atoms with Crippen molar-refractivity contribution in [1.82, 2.24) is 9.78 Å². The number of carboxylic acids is 1. The number of hydrogen-bond acceptors (Lipinski definition) is 2. The second-order valence-corrected chi connectivity index (χ2v) is 3.87. The Bertz CT molecular complexity index is 572. The van der Waals surface area contributed by atoms with E-state index in [2.05, 4.69) is 5.10 Å². The number of aromatic carboxylic acids is 1. The fourth-order valence-electron chi connectivity index (χ4n) is 1.58. The van der Waals surface area contributed by atoms with Crippen LogP contribution in [-0.4, -0.2) is 20.9 Å². The molecule has 88 valence electrons. The number of carboxylic acid groups (broad SMARTS) is 1. The number of rotatable bonds is 2. The van der Waals surface area contributed by atoms with Crippen molar-refractivity contribution in [3.05, 3.63) is 40.8 Å². The molecule has 0 bridgehead atoms. The molecular formula is C11H8ClFN2O2. The van der Waals surface area contributed by atoms with Gasteiger partial charge in [0.2, 0.25) is 0 Å². The summed E-state index contributed by atoms with van der Waals surface area (Å²) in [5.41, 5.74) is 0.623. The van der Waals surface area contributed by atoms with Crippen LogP contribution in [0.2, 0.25) is 5.02 Å². The van der Waals surface area contributed by atoms with Gasteiger partial charge in [-0.1, -0.05) is 11.6 Å². The molecule has 0 atom stereocenters. The predicted octanol–water partition coefficient (Wildman–Crippen LogP) is 2.58. The minimum atomic E-state index is -1.39. The highest BCUT2D eigenvalue weighted by atomic mass is 35.5. The quantitative estimate of drug-likeness (QED) is 0.896. The summed E-state index contributed by atoms with van der Waals surface area (Å²) in [6.07, 6.45) is 1.56. The topological polar surface area (TPSA) is 55.1 Å². The highest BCUT2D eigenvalue weighted by Crippen LogP contribution is 2.27. The van der Waals surface area contributed by atoms with E-state index >= 15 is 0 Å². The SMILES string of the molecule is Cn1nccc1-c1cc(F)c(C(=O)O)c(Cl)c1. The van der Waals surface area contributed by atoms with Crippen LogP contribution >= 0.6 is 11.6 Å². The van der Waals surface area contributed by atoms with Gasteiger partial charge in [0.15, 0.2) is 0 Å². The Morgan fingerprint density at radius 1 is 1.53 bits per heavy atom. The van der Waals surface area contributed by atoms with Crippen molar-refractivity contribution in [2.45, 2.75) is 0 Å². The highest BCUT2D eigenvalue weighted by molar-refractivity contribution is 6.33. The molecule has 1 N–H and O–H groups in total. The van der Waals surface area contributed by atoms with Crippen LogP contribution in [0.4, 0.5) is 4.39 Å². The summed E-state index contributed by atoms with van der Waals surface area (Å²) in [6, 6.07) is 4.23. The molecule has 17 heavy (non-hydrogen) atoms. The zero-order chi connectivity index (χ0) is 12.6. The second-order valence-electron chi connectivity index (χ2n) is 3.46. The smallest absolute Gasteiger partial charge is 0.340 e. The fraction of sp³-hybridized carbons (Fsp3) is 0.0909. The molecule has 0 aliphatic heterocycles. The molecule has 1 heterocycles. The Labute approximate surface area is 101 Å². The zero-order valence-corrected chi connectivity index (χ0v) is 9.57. The van der Waals surface area contributed by atoms with Crippen LogP contribution in [0.1, 0.15) is 10.4 Å². The standard InChI is InChI=1S/C11H8ClFN2O2/c1-15-9(2-3-14-15)6-4-7(12)10(11(16)17)8(13)5-6/h2-5H,1H3,(H,16,17). The van der Waals surface area contributed by atoms with Crippen LogP contribution in [0.5, 0.6) is 0 Å². The maximum Gasteiger partial charge on any atom is 0.340 e. The molecular weight excluding hydrogens is 247 g/mol. The van der Waals surface area contributed by atoms with Gasteiger partial charge in [-0.25, -0.2) is 9.18 Å². The molecule has 0 aliphatic carbocycles. The average molecular weight is 255 g/mol. The number of carbonyl (C=O) groups is 1. The monoisotopic (exact) mass is 254 g/mol. The van der Waals surface area contributed by atoms with Gasteiger partial charge in [-0.3, -0.25) is 4.68 Å². The lowest BCUT2D eigenvalue weighted by Crippen LogP contribution is -2.03. The fourth-order valence-corrected chi connectivity index (χ4v) is 1.87. The first-order chi connectivity index (χ1) is 8.00. The van der Waals surface area contributed by atoms with Crippen LogP contribution < -0.4 is 0 Å². The van der Waals surface area contributed by atoms with E-state index in [-0.39, 0.29) is 5.02 Å². The van der Waals surface area contributed by atoms with Gasteiger partial charge < -0.3 is 5.11 Å². The van der Waals surface area contributed by atoms with E-state index in [0.29, 0.717) is 11.3 Å². The first-order valence-corrected chi connectivity index (χ1v) is 5.09. The Balaban J connectivity index is 2.61. The minimum Gasteiger partial charge on any atom is -0.478 e. The molecule has 2 rings (SSSR count). The molecule has 0 fully saturated rings. The molecule has 0 spiro atoms. The maximum atomic E-state index is 13.6. The van der Waals surface area contributed by atoms with E-state index in [0.717, 1.165) is 6.07 Å². The molecule has 0 saturated carbocycles. The first-order valence-electron chi connectivity index (χ1n) is 4.71. The minimum absolute atomic E-state index is 0.131. The Morgan fingerprint density at radius 2 is 2.24 bits per heavy atom. The largest absolute Gasteiger partial charge is 0.478 e. The van der Waals surface area contributed by atoms with Crippen molar-refractivity contribution in [2.75, 3.05) is 0 Å². The third-order valence-corrected chi connectivity index (χ3v) is 2.67. The summed E-state index contributed by atoms with van der Waals surface area (Å²) in [5, 5.41) is 12.6. The molecule has 4 nitrogen and oxygen atoms in total. The highest BCUT2D eigenvalue weighted by Gasteiger charge is 2.17. The van der Waals surface area contributed by atoms with Gasteiger partial charge in [-0.2, -0.15) is 5.10 Å². The van der Waals surface area contributed by atoms with E-state index in [1.807, 2.05) is 0 Å². The third-order valence-electron chi connectivity index (χ3n) is 2.37. The predicted molar refractivity (Wildman–Crippen MR) is 60.6 cm³/mol. The molecule has 2 aromatic rings. The Morgan fingerprint density at radius 3 is 2.71 bits per heavy atom. The summed E-state index contributed by atoms with van der Waals surface area (Å²) < 4.78 is 15.1. The van der Waals surface area contributed by atoms with Gasteiger partial charge in [0.1, 0.15) is 11.4 Å². The van der Waals surface area contributed by atoms with Crippen molar-refractivity contribution >= 4 is 17.6 Å². The molecule has 0 aliphatic rings. The third kappa shape index (κ3) is 2.01. The molecule has 0 radical (unpaired) electrons. The Hall–Kier alpha value is -1.88. The number of aryl methyl sites for hydroxylation is 1. The van der Waals surface area contributed by atoms with Gasteiger partial charge in [0.05, 0.1) is 10.7 Å². The van der Waals surface area contributed by atoms with Crippen molar-refractivity contribution in [3.8, 4) is 11.3 Å². The summed E-state index contributed by atoms with van der Waals surface area (Å²) in [6.45, 7) is 0. The summed E-state index contributed by atoms with van der Waals surface area (Å²) in [7, 11) is 1.70. The summed E-state index contributed by atoms with van der Waals surface area (Å²) >= 11 is 5.75. The first kappa shape index (κ1) is 11.6. The normalized spacial score (nSPS) is 10.5. The molecule has 1 aromatic heterocycles. The number of benzene rings is 1. The molecule has 0 amide bonds. The molecule has 0 saturated heterocycles. The van der Waals surface area contributed by atoms with Crippen LogP contribution in [0.25, 0.3) is 11.3 Å². The lowest BCUT2D eigenvalue weighted by atomic mass is 10.1. The van der Waals surface area contributed by atoms with E-state index in [1.165, 1.54) is 6.07 Å². The molecule has 1 aromatic carbocycles. The lowest BCUT2D eigenvalue weighted by Gasteiger charge is -2.06. The maximum absolute atomic E-state index is 13.6. The zero-order valence-electron chi connectivity index (χ0n) is 8.82. The van der Waals surface area contributed by atoms with E-state index < -0.39 is 17.3 Å². The second kappa shape index (κ2) is 4.18. The van der Waals surface area contributed by atoms with E-state index in [1.54, 1.807) is 24.0 Å². The lowest BCUT2D eigenvalue weighted by molar-refractivity contribution is 0.0692. The number of nitrogens with zero attached hydrogens (tertiary/aromatic N) is 2. The van der Waals surface area contributed by atoms with Crippen LogP contribution in [0.3, 0.4) is 0 Å². The van der Waals surface area contributed by atoms with E-state index in [4.69, 9.17) is 16.7 Å². The van der Waals surface area contributed by atoms with Crippen molar-refractivity contribution in [2.24, 2.45) is 7.05 Å². The number of aromatic nitrogens is 2. The number of halogens is 2. The van der Waals surface area contributed by atoms with Gasteiger partial charge in [0, 0.05) is 18.8 Å². The van der Waals surface area contributed by atoms with Crippen molar-refractivity contribution < 1.29 is 14.3 Å². The van der Waals surface area contributed by atoms with Gasteiger partial charge in [0.25, 0.3) is 0 Å². The van der Waals surface area contributed by atoms with Gasteiger partial charge >= 0.3 is 5.97 Å². The van der Waals surface area contributed by atoms with Crippen LogP contribution in [0, 0.1) is 5.82 Å². The van der Waals surface area contributed by atoms with Gasteiger partial charge in [-0.15, -0.1) is 0 Å². The molecule has 6 heteroatoms. The summed E-state index contributed by atoms with van der Waals surface area (Å²) in [4.78, 5) is 10.8. The van der Waals surface area contributed by atoms with Gasteiger partial charge in [-0.05, 0) is 18.2 Å². The van der Waals surface area contributed by atoms with Crippen molar-refractivity contribution in [1.29, 1.82) is 0 Å².